The molecule has 0 aliphatic rings. The molecule has 0 radical (unpaired) electrons. The van der Waals surface area contributed by atoms with Crippen LogP contribution < -0.4 is 10.6 Å². The van der Waals surface area contributed by atoms with Gasteiger partial charge in [0.05, 0.1) is 6.04 Å². The third-order valence-corrected chi connectivity index (χ3v) is 2.04. The molecule has 1 atom stereocenters. The maximum atomic E-state index is 11.3. The van der Waals surface area contributed by atoms with Gasteiger partial charge < -0.3 is 15.2 Å². The van der Waals surface area contributed by atoms with Crippen LogP contribution in [0.5, 0.6) is 0 Å². The summed E-state index contributed by atoms with van der Waals surface area (Å²) in [6, 6.07) is 0.000626. The Kier molecular flexibility index (Phi) is 4.23. The van der Waals surface area contributed by atoms with E-state index in [9.17, 15) is 4.79 Å². The Morgan fingerprint density at radius 1 is 1.53 bits per heavy atom. The number of carbonyl (C=O) groups is 1. The van der Waals surface area contributed by atoms with Crippen LogP contribution in [0, 0.1) is 0 Å². The van der Waals surface area contributed by atoms with E-state index in [0.29, 0.717) is 12.4 Å². The molecule has 0 bridgehead atoms. The van der Waals surface area contributed by atoms with Gasteiger partial charge >= 0.3 is 0 Å². The lowest BCUT2D eigenvalue weighted by Crippen LogP contribution is -2.24. The Bertz CT molecular complexity index is 320. The van der Waals surface area contributed by atoms with Crippen molar-refractivity contribution in [3.05, 3.63) is 11.7 Å². The van der Waals surface area contributed by atoms with E-state index in [2.05, 4.69) is 20.8 Å². The van der Waals surface area contributed by atoms with Crippen molar-refractivity contribution in [2.24, 2.45) is 0 Å². The number of hydrogen-bond acceptors (Lipinski definition) is 5. The molecule has 1 unspecified atom stereocenters. The monoisotopic (exact) mass is 212 g/mol. The van der Waals surface area contributed by atoms with Crippen molar-refractivity contribution >= 4 is 5.91 Å². The van der Waals surface area contributed by atoms with Gasteiger partial charge in [-0.05, 0) is 20.4 Å². The highest BCUT2D eigenvalue weighted by Gasteiger charge is 2.18. The van der Waals surface area contributed by atoms with Crippen molar-refractivity contribution in [1.82, 2.24) is 20.8 Å². The summed E-state index contributed by atoms with van der Waals surface area (Å²) in [4.78, 5) is 15.4. The van der Waals surface area contributed by atoms with Gasteiger partial charge in [-0.3, -0.25) is 4.79 Å². The number of hydrogen-bond donors (Lipinski definition) is 2. The average Bonchev–Trinajstić information content (AvgIpc) is 2.69. The third-order valence-electron chi connectivity index (χ3n) is 2.04. The normalized spacial score (nSPS) is 12.5. The van der Waals surface area contributed by atoms with Crippen LogP contribution in [0.15, 0.2) is 4.52 Å². The maximum Gasteiger partial charge on any atom is 0.292 e. The largest absolute Gasteiger partial charge is 0.349 e. The first-order valence-electron chi connectivity index (χ1n) is 5.02. The minimum absolute atomic E-state index is 0.000626. The molecule has 1 amide bonds. The van der Waals surface area contributed by atoms with Gasteiger partial charge in [0.25, 0.3) is 11.7 Å². The molecule has 0 aliphatic heterocycles. The molecule has 6 nitrogen and oxygen atoms in total. The zero-order chi connectivity index (χ0) is 11.3. The van der Waals surface area contributed by atoms with Crippen LogP contribution in [0.4, 0.5) is 0 Å². The lowest BCUT2D eigenvalue weighted by molar-refractivity contribution is 0.0942. The van der Waals surface area contributed by atoms with Crippen molar-refractivity contribution < 1.29 is 9.32 Å². The topological polar surface area (TPSA) is 80.0 Å². The molecular formula is C9H16N4O2. The van der Waals surface area contributed by atoms with Gasteiger partial charge in [0.15, 0.2) is 0 Å². The van der Waals surface area contributed by atoms with E-state index >= 15 is 0 Å². The molecule has 1 aromatic rings. The summed E-state index contributed by atoms with van der Waals surface area (Å²) in [6.07, 6.45) is 0.827. The van der Waals surface area contributed by atoms with E-state index in [4.69, 9.17) is 4.52 Å². The molecule has 1 heterocycles. The molecule has 0 fully saturated rings. The molecule has 0 aliphatic carbocycles. The molecule has 6 heteroatoms. The highest BCUT2D eigenvalue weighted by Crippen LogP contribution is 2.12. The number of aromatic nitrogens is 2. The molecule has 0 spiro atoms. The van der Waals surface area contributed by atoms with Crippen molar-refractivity contribution in [3.63, 3.8) is 0 Å². The predicted molar refractivity (Wildman–Crippen MR) is 54.4 cm³/mol. The van der Waals surface area contributed by atoms with E-state index in [-0.39, 0.29) is 17.8 Å². The second kappa shape index (κ2) is 5.45. The van der Waals surface area contributed by atoms with Gasteiger partial charge in [-0.1, -0.05) is 12.1 Å². The molecule has 0 aromatic carbocycles. The van der Waals surface area contributed by atoms with Crippen molar-refractivity contribution in [1.29, 1.82) is 0 Å². The Labute approximate surface area is 88.4 Å². The first-order chi connectivity index (χ1) is 7.22. The summed E-state index contributed by atoms with van der Waals surface area (Å²) in [5.41, 5.74) is 0. The van der Waals surface area contributed by atoms with Gasteiger partial charge in [0.2, 0.25) is 5.89 Å². The fraction of sp³-hybridized carbons (Fsp3) is 0.667. The Hall–Kier alpha value is -1.43. The fourth-order valence-corrected chi connectivity index (χ4v) is 1.21. The second-order valence-electron chi connectivity index (χ2n) is 3.07. The molecule has 1 rings (SSSR count). The molecule has 0 saturated heterocycles. The van der Waals surface area contributed by atoms with Gasteiger partial charge in [-0.15, -0.1) is 0 Å². The summed E-state index contributed by atoms with van der Waals surface area (Å²) in [7, 11) is 1.81. The molecule has 2 N–H and O–H groups in total. The Morgan fingerprint density at radius 3 is 2.80 bits per heavy atom. The smallest absolute Gasteiger partial charge is 0.292 e. The van der Waals surface area contributed by atoms with Crippen molar-refractivity contribution in [2.45, 2.75) is 26.3 Å². The van der Waals surface area contributed by atoms with E-state index in [1.807, 2.05) is 20.9 Å². The summed E-state index contributed by atoms with van der Waals surface area (Å²) in [5, 5.41) is 9.24. The summed E-state index contributed by atoms with van der Waals surface area (Å²) < 4.78 is 4.99. The fourth-order valence-electron chi connectivity index (χ4n) is 1.21. The van der Waals surface area contributed by atoms with Crippen molar-refractivity contribution in [2.75, 3.05) is 13.6 Å². The van der Waals surface area contributed by atoms with Crippen LogP contribution in [0.3, 0.4) is 0 Å². The average molecular weight is 212 g/mol. The van der Waals surface area contributed by atoms with Crippen LogP contribution in [-0.4, -0.2) is 29.6 Å². The van der Waals surface area contributed by atoms with Gasteiger partial charge in [0.1, 0.15) is 0 Å². The predicted octanol–water partition coefficient (Wildman–Crippen LogP) is 0.490. The minimum atomic E-state index is -0.307. The van der Waals surface area contributed by atoms with E-state index in [1.54, 1.807) is 0 Å². The first kappa shape index (κ1) is 11.6. The highest BCUT2D eigenvalue weighted by molar-refractivity contribution is 5.90. The summed E-state index contributed by atoms with van der Waals surface area (Å²) in [5.74, 6) is 0.222. The molecule has 84 valence electrons. The summed E-state index contributed by atoms with van der Waals surface area (Å²) >= 11 is 0. The quantitative estimate of drug-likeness (QED) is 0.742. The molecular weight excluding hydrogens is 196 g/mol. The van der Waals surface area contributed by atoms with E-state index in [0.717, 1.165) is 6.42 Å². The lowest BCUT2D eigenvalue weighted by atomic mass is 10.2. The Balaban J connectivity index is 2.75. The van der Waals surface area contributed by atoms with Crippen molar-refractivity contribution in [3.8, 4) is 0 Å². The van der Waals surface area contributed by atoms with Crippen LogP contribution in [0.2, 0.25) is 0 Å². The zero-order valence-corrected chi connectivity index (χ0v) is 9.20. The van der Waals surface area contributed by atoms with Gasteiger partial charge in [-0.2, -0.15) is 4.98 Å². The zero-order valence-electron chi connectivity index (χ0n) is 9.20. The number of rotatable bonds is 5. The number of nitrogens with zero attached hydrogens (tertiary/aromatic N) is 2. The first-order valence-corrected chi connectivity index (χ1v) is 5.02. The van der Waals surface area contributed by atoms with Crippen LogP contribution in [-0.2, 0) is 0 Å². The SMILES string of the molecule is CCNC(=O)c1noc(C(CC)NC)n1. The second-order valence-corrected chi connectivity index (χ2v) is 3.07. The van der Waals surface area contributed by atoms with Gasteiger partial charge in [-0.25, -0.2) is 0 Å². The van der Waals surface area contributed by atoms with Crippen LogP contribution in [0.1, 0.15) is 42.8 Å². The Morgan fingerprint density at radius 2 is 2.27 bits per heavy atom. The molecule has 15 heavy (non-hydrogen) atoms. The van der Waals surface area contributed by atoms with Gasteiger partial charge in [0, 0.05) is 6.54 Å². The minimum Gasteiger partial charge on any atom is -0.349 e. The molecule has 1 aromatic heterocycles. The summed E-state index contributed by atoms with van der Waals surface area (Å²) in [6.45, 7) is 4.38. The van der Waals surface area contributed by atoms with E-state index in [1.165, 1.54) is 0 Å². The third kappa shape index (κ3) is 2.76. The standard InChI is InChI=1S/C9H16N4O2/c1-4-6(10-3)9-12-7(13-15-9)8(14)11-5-2/h6,10H,4-5H2,1-3H3,(H,11,14). The number of nitrogens with one attached hydrogen (secondary N) is 2. The van der Waals surface area contributed by atoms with Crippen LogP contribution >= 0.6 is 0 Å². The lowest BCUT2D eigenvalue weighted by Gasteiger charge is -2.06. The molecule has 0 saturated carbocycles. The number of amides is 1. The van der Waals surface area contributed by atoms with Crippen LogP contribution in [0.25, 0.3) is 0 Å². The highest BCUT2D eigenvalue weighted by atomic mass is 16.5. The number of carbonyl (C=O) groups excluding carboxylic acids is 1. The maximum absolute atomic E-state index is 11.3. The van der Waals surface area contributed by atoms with E-state index < -0.39 is 0 Å².